The largest absolute Gasteiger partial charge is 0.508 e. The number of benzene rings is 4. The molecule has 5 aromatic rings. The van der Waals surface area contributed by atoms with Crippen LogP contribution in [0.15, 0.2) is 122 Å². The number of aromatic hydroxyl groups is 1. The highest BCUT2D eigenvalue weighted by atomic mass is 16.6. The second kappa shape index (κ2) is 15.1. The smallest absolute Gasteiger partial charge is 0.269 e. The molecule has 0 unspecified atom stereocenters. The number of hydrazine groups is 1. The monoisotopic (exact) mass is 712 g/mol. The van der Waals surface area contributed by atoms with Gasteiger partial charge in [0.15, 0.2) is 0 Å². The van der Waals surface area contributed by atoms with E-state index in [4.69, 9.17) is 0 Å². The van der Waals surface area contributed by atoms with E-state index >= 15 is 0 Å². The van der Waals surface area contributed by atoms with Gasteiger partial charge in [0, 0.05) is 50.8 Å². The van der Waals surface area contributed by atoms with E-state index < -0.39 is 17.1 Å². The van der Waals surface area contributed by atoms with Crippen molar-refractivity contribution < 1.29 is 24.4 Å². The number of nitro benzene ring substituents is 1. The molecular formula is C41H40N6O6. The highest BCUT2D eigenvalue weighted by Crippen LogP contribution is 2.32. The summed E-state index contributed by atoms with van der Waals surface area (Å²) >= 11 is 0. The van der Waals surface area contributed by atoms with Crippen molar-refractivity contribution in [2.45, 2.75) is 44.6 Å². The van der Waals surface area contributed by atoms with Gasteiger partial charge in [0.2, 0.25) is 17.7 Å². The van der Waals surface area contributed by atoms with Gasteiger partial charge in [0.25, 0.3) is 5.69 Å². The topological polar surface area (TPSA) is 132 Å². The highest BCUT2D eigenvalue weighted by Gasteiger charge is 2.51. The van der Waals surface area contributed by atoms with Crippen molar-refractivity contribution in [3.63, 3.8) is 0 Å². The predicted molar refractivity (Wildman–Crippen MR) is 199 cm³/mol. The van der Waals surface area contributed by atoms with Crippen LogP contribution in [0.25, 0.3) is 10.9 Å². The van der Waals surface area contributed by atoms with Gasteiger partial charge in [-0.2, -0.15) is 0 Å². The average Bonchev–Trinajstić information content (AvgIpc) is 3.57. The first kappa shape index (κ1) is 35.1. The van der Waals surface area contributed by atoms with Crippen molar-refractivity contribution in [1.29, 1.82) is 0 Å². The van der Waals surface area contributed by atoms with E-state index in [9.17, 15) is 29.6 Å². The summed E-state index contributed by atoms with van der Waals surface area (Å²) in [5, 5.41) is 25.7. The Morgan fingerprint density at radius 2 is 1.66 bits per heavy atom. The number of carbonyl (C=O) groups is 3. The minimum absolute atomic E-state index is 0.0118. The van der Waals surface area contributed by atoms with E-state index in [2.05, 4.69) is 6.58 Å². The zero-order valence-corrected chi connectivity index (χ0v) is 29.2. The molecule has 0 aliphatic carbocycles. The number of amides is 3. The Balaban J connectivity index is 1.25. The molecule has 2 aliphatic rings. The Labute approximate surface area is 306 Å². The van der Waals surface area contributed by atoms with Crippen molar-refractivity contribution in [2.75, 3.05) is 19.6 Å². The number of fused-ring (bicyclic) bond motifs is 2. The fourth-order valence-electron chi connectivity index (χ4n) is 7.54. The number of hydrogen-bond acceptors (Lipinski definition) is 7. The summed E-state index contributed by atoms with van der Waals surface area (Å²) in [4.78, 5) is 57.2. The fraction of sp³-hybridized carbons (Fsp3) is 0.244. The summed E-state index contributed by atoms with van der Waals surface area (Å²) in [5.74, 6) is -0.573. The lowest BCUT2D eigenvalue weighted by Crippen LogP contribution is -2.75. The van der Waals surface area contributed by atoms with E-state index in [-0.39, 0.29) is 68.2 Å². The number of carbonyl (C=O) groups excluding carboxylic acids is 3. The SMILES string of the molecule is C=CCN1CC(=O)N2[C@@H](Cc3ccc(O)cc3)C(=O)N(Cc3cccc4ccn(Cc5cccc([N+](=O)[O-])c5)c34)C[C@@H]2N1C(=O)CCc1ccccc1. The lowest BCUT2D eigenvalue weighted by atomic mass is 9.97. The summed E-state index contributed by atoms with van der Waals surface area (Å²) in [6.45, 7) is 4.74. The van der Waals surface area contributed by atoms with Crippen LogP contribution >= 0.6 is 0 Å². The Hall–Kier alpha value is -6.27. The molecule has 3 heterocycles. The summed E-state index contributed by atoms with van der Waals surface area (Å²) in [5.41, 5.74) is 4.30. The molecule has 7 rings (SSSR count). The van der Waals surface area contributed by atoms with Gasteiger partial charge < -0.3 is 19.5 Å². The first-order valence-corrected chi connectivity index (χ1v) is 17.6. The predicted octanol–water partition coefficient (Wildman–Crippen LogP) is 5.29. The van der Waals surface area contributed by atoms with Crippen molar-refractivity contribution in [1.82, 2.24) is 24.4 Å². The maximum atomic E-state index is 14.6. The normalized spacial score (nSPS) is 17.6. The number of rotatable bonds is 12. The van der Waals surface area contributed by atoms with Gasteiger partial charge in [0.1, 0.15) is 18.0 Å². The molecule has 12 heteroatoms. The number of phenolic OH excluding ortho intramolecular Hbond substituents is 1. The van der Waals surface area contributed by atoms with Gasteiger partial charge in [-0.3, -0.25) is 24.5 Å². The molecule has 0 bridgehead atoms. The molecule has 0 radical (unpaired) electrons. The first-order chi connectivity index (χ1) is 25.7. The lowest BCUT2D eigenvalue weighted by Gasteiger charge is -2.55. The minimum Gasteiger partial charge on any atom is -0.508 e. The van der Waals surface area contributed by atoms with Crippen molar-refractivity contribution in [3.05, 3.63) is 154 Å². The average molecular weight is 713 g/mol. The summed E-state index contributed by atoms with van der Waals surface area (Å²) in [7, 11) is 0. The second-order valence-corrected chi connectivity index (χ2v) is 13.5. The molecule has 2 fully saturated rings. The van der Waals surface area contributed by atoms with E-state index in [1.165, 1.54) is 6.07 Å². The van der Waals surface area contributed by atoms with Crippen LogP contribution in [-0.4, -0.2) is 84.0 Å². The maximum absolute atomic E-state index is 14.6. The summed E-state index contributed by atoms with van der Waals surface area (Å²) in [6, 6.07) is 29.8. The van der Waals surface area contributed by atoms with Crippen LogP contribution in [0.5, 0.6) is 5.75 Å². The number of hydrogen-bond donors (Lipinski definition) is 1. The molecule has 2 atom stereocenters. The quantitative estimate of drug-likeness (QED) is 0.106. The second-order valence-electron chi connectivity index (χ2n) is 13.5. The Bertz CT molecular complexity index is 2170. The minimum atomic E-state index is -0.906. The third kappa shape index (κ3) is 7.40. The molecule has 0 saturated carbocycles. The Morgan fingerprint density at radius 3 is 2.42 bits per heavy atom. The fourth-order valence-corrected chi connectivity index (χ4v) is 7.54. The van der Waals surface area contributed by atoms with Gasteiger partial charge in [-0.25, -0.2) is 10.0 Å². The van der Waals surface area contributed by atoms with Gasteiger partial charge in [-0.05, 0) is 52.3 Å². The summed E-state index contributed by atoms with van der Waals surface area (Å²) < 4.78 is 2.02. The number of nitrogens with zero attached hydrogens (tertiary/aromatic N) is 6. The molecule has 0 spiro atoms. The number of piperazine rings is 1. The molecule has 4 aromatic carbocycles. The van der Waals surface area contributed by atoms with Crippen molar-refractivity contribution >= 4 is 34.3 Å². The molecule has 12 nitrogen and oxygen atoms in total. The number of para-hydroxylation sites is 1. The maximum Gasteiger partial charge on any atom is 0.269 e. The van der Waals surface area contributed by atoms with Gasteiger partial charge in [0.05, 0.1) is 23.5 Å². The molecule has 53 heavy (non-hydrogen) atoms. The van der Waals surface area contributed by atoms with Crippen LogP contribution in [0.4, 0.5) is 5.69 Å². The number of phenols is 1. The molecule has 1 N–H and O–H groups in total. The molecular weight excluding hydrogens is 672 g/mol. The van der Waals surface area contributed by atoms with Gasteiger partial charge in [-0.1, -0.05) is 78.9 Å². The Kier molecular flexibility index (Phi) is 10.0. The zero-order valence-electron chi connectivity index (χ0n) is 29.2. The number of aromatic nitrogens is 1. The third-order valence-electron chi connectivity index (χ3n) is 9.97. The van der Waals surface area contributed by atoms with E-state index in [1.807, 2.05) is 71.4 Å². The number of aryl methyl sites for hydroxylation is 1. The van der Waals surface area contributed by atoms with E-state index in [0.717, 1.165) is 33.2 Å². The van der Waals surface area contributed by atoms with Crippen molar-refractivity contribution in [2.24, 2.45) is 0 Å². The molecule has 1 aromatic heterocycles. The standard InChI is InChI=1S/C41H40N6O6/c1-2-21-44-28-39(50)45-36(24-30-14-17-35(48)18-15-30)41(51)43(27-37(45)46(44)38(49)19-16-29-8-4-3-5-9-29)26-33-12-7-11-32-20-22-42(40(32)33)25-31-10-6-13-34(23-31)47(52)53/h2-15,17-18,20,22-23,36-37,48H,1,16,19,21,24-28H2/t36-,37-/m0/s1. The zero-order chi connectivity index (χ0) is 37.1. The van der Waals surface area contributed by atoms with Crippen LogP contribution in [-0.2, 0) is 40.3 Å². The van der Waals surface area contributed by atoms with Crippen LogP contribution in [0.2, 0.25) is 0 Å². The van der Waals surface area contributed by atoms with Crippen molar-refractivity contribution in [3.8, 4) is 5.75 Å². The molecule has 3 amide bonds. The summed E-state index contributed by atoms with van der Waals surface area (Å²) in [6.07, 6.45) is 3.74. The first-order valence-electron chi connectivity index (χ1n) is 17.6. The lowest BCUT2D eigenvalue weighted by molar-refractivity contribution is -0.384. The number of nitro groups is 1. The molecule has 2 saturated heterocycles. The third-order valence-corrected chi connectivity index (χ3v) is 9.97. The number of non-ortho nitro benzene ring substituents is 1. The van der Waals surface area contributed by atoms with Crippen LogP contribution in [0, 0.1) is 10.1 Å². The van der Waals surface area contributed by atoms with Gasteiger partial charge >= 0.3 is 0 Å². The highest BCUT2D eigenvalue weighted by molar-refractivity contribution is 5.92. The van der Waals surface area contributed by atoms with E-state index in [1.54, 1.807) is 62.3 Å². The van der Waals surface area contributed by atoms with E-state index in [0.29, 0.717) is 13.0 Å². The van der Waals surface area contributed by atoms with Gasteiger partial charge in [-0.15, -0.1) is 6.58 Å². The van der Waals surface area contributed by atoms with Crippen LogP contribution < -0.4 is 0 Å². The molecule has 270 valence electrons. The molecule has 2 aliphatic heterocycles. The van der Waals surface area contributed by atoms with Crippen LogP contribution in [0.3, 0.4) is 0 Å². The van der Waals surface area contributed by atoms with Crippen LogP contribution in [0.1, 0.15) is 28.7 Å². The Morgan fingerprint density at radius 1 is 0.906 bits per heavy atom.